The highest BCUT2D eigenvalue weighted by Crippen LogP contribution is 2.21. The predicted octanol–water partition coefficient (Wildman–Crippen LogP) is 2.34. The van der Waals surface area contributed by atoms with Crippen molar-refractivity contribution in [2.24, 2.45) is 0 Å². The summed E-state index contributed by atoms with van der Waals surface area (Å²) >= 11 is 1.50. The van der Waals surface area contributed by atoms with Gasteiger partial charge >= 0.3 is 0 Å². The smallest absolute Gasteiger partial charge is 0.223 e. The highest BCUT2D eigenvalue weighted by atomic mass is 32.2. The van der Waals surface area contributed by atoms with Crippen molar-refractivity contribution in [3.8, 4) is 0 Å². The van der Waals surface area contributed by atoms with E-state index in [1.54, 1.807) is 17.0 Å². The molecular weight excluding hydrogens is 325 g/mol. The van der Waals surface area contributed by atoms with Crippen molar-refractivity contribution in [2.75, 3.05) is 23.8 Å². The van der Waals surface area contributed by atoms with Gasteiger partial charge < -0.3 is 4.90 Å². The largest absolute Gasteiger partial charge is 0.339 e. The third-order valence-electron chi connectivity index (χ3n) is 3.71. The Kier molecular flexibility index (Phi) is 5.86. The van der Waals surface area contributed by atoms with Crippen LogP contribution in [0.1, 0.15) is 19.8 Å². The molecule has 0 saturated carbocycles. The van der Waals surface area contributed by atoms with E-state index in [2.05, 4.69) is 0 Å². The fourth-order valence-electron chi connectivity index (χ4n) is 2.59. The van der Waals surface area contributed by atoms with Gasteiger partial charge in [-0.15, -0.1) is 11.8 Å². The number of benzene rings is 1. The van der Waals surface area contributed by atoms with Crippen LogP contribution in [-0.4, -0.2) is 49.1 Å². The lowest BCUT2D eigenvalue weighted by Gasteiger charge is -2.26. The second-order valence-electron chi connectivity index (χ2n) is 5.29. The molecule has 1 atom stereocenters. The molecule has 0 aliphatic carbocycles. The fourth-order valence-corrected chi connectivity index (χ4v) is 5.16. The fraction of sp³-hybridized carbons (Fsp3) is 0.533. The Morgan fingerprint density at radius 1 is 1.36 bits per heavy atom. The molecule has 0 spiro atoms. The molecule has 1 unspecified atom stereocenters. The van der Waals surface area contributed by atoms with Crippen molar-refractivity contribution in [3.05, 3.63) is 30.1 Å². The molecule has 0 bridgehead atoms. The number of carbonyl (C=O) groups is 1. The third kappa shape index (κ3) is 4.71. The maximum atomic E-state index is 12.8. The first kappa shape index (κ1) is 17.3. The number of nitrogens with zero attached hydrogens (tertiary/aromatic N) is 1. The average Bonchev–Trinajstić information content (AvgIpc) is 2.82. The van der Waals surface area contributed by atoms with Gasteiger partial charge in [0.25, 0.3) is 0 Å². The molecule has 1 heterocycles. The molecule has 1 fully saturated rings. The Labute approximate surface area is 135 Å². The molecule has 1 aliphatic heterocycles. The average molecular weight is 345 g/mol. The highest BCUT2D eigenvalue weighted by Gasteiger charge is 2.33. The minimum absolute atomic E-state index is 0.0146. The van der Waals surface area contributed by atoms with Crippen molar-refractivity contribution in [2.45, 2.75) is 30.7 Å². The van der Waals surface area contributed by atoms with Crippen LogP contribution in [0.25, 0.3) is 0 Å². The van der Waals surface area contributed by atoms with Gasteiger partial charge in [0.1, 0.15) is 5.82 Å². The van der Waals surface area contributed by atoms with Crippen LogP contribution in [0, 0.1) is 5.82 Å². The minimum atomic E-state index is -2.99. The summed E-state index contributed by atoms with van der Waals surface area (Å²) in [5.74, 6) is 0.559. The van der Waals surface area contributed by atoms with Crippen LogP contribution in [0.2, 0.25) is 0 Å². The summed E-state index contributed by atoms with van der Waals surface area (Å²) in [6.45, 7) is 2.40. The van der Waals surface area contributed by atoms with Gasteiger partial charge in [0, 0.05) is 29.7 Å². The van der Waals surface area contributed by atoms with Crippen molar-refractivity contribution >= 4 is 27.5 Å². The number of amides is 1. The van der Waals surface area contributed by atoms with Gasteiger partial charge in [0.15, 0.2) is 9.84 Å². The van der Waals surface area contributed by atoms with Crippen LogP contribution in [0.4, 0.5) is 4.39 Å². The van der Waals surface area contributed by atoms with E-state index < -0.39 is 9.84 Å². The van der Waals surface area contributed by atoms with Crippen LogP contribution in [0.15, 0.2) is 29.2 Å². The third-order valence-corrected chi connectivity index (χ3v) is 6.47. The summed E-state index contributed by atoms with van der Waals surface area (Å²) in [5, 5.41) is 0. The van der Waals surface area contributed by atoms with E-state index in [1.165, 1.54) is 23.9 Å². The molecular formula is C15H20FNO3S2. The quantitative estimate of drug-likeness (QED) is 0.743. The Balaban J connectivity index is 1.83. The first-order valence-corrected chi connectivity index (χ1v) is 10.1. The summed E-state index contributed by atoms with van der Waals surface area (Å²) in [6.07, 6.45) is 0.888. The first-order chi connectivity index (χ1) is 10.4. The number of sulfone groups is 1. The lowest BCUT2D eigenvalue weighted by atomic mass is 10.2. The van der Waals surface area contributed by atoms with E-state index in [4.69, 9.17) is 0 Å². The normalized spacial score (nSPS) is 20.0. The predicted molar refractivity (Wildman–Crippen MR) is 86.2 cm³/mol. The van der Waals surface area contributed by atoms with E-state index in [0.29, 0.717) is 25.1 Å². The zero-order chi connectivity index (χ0) is 16.2. The second kappa shape index (κ2) is 7.46. The van der Waals surface area contributed by atoms with Crippen molar-refractivity contribution < 1.29 is 17.6 Å². The number of rotatable bonds is 6. The van der Waals surface area contributed by atoms with E-state index in [1.807, 2.05) is 6.92 Å². The Morgan fingerprint density at radius 3 is 2.59 bits per heavy atom. The second-order valence-corrected chi connectivity index (χ2v) is 8.69. The van der Waals surface area contributed by atoms with E-state index in [9.17, 15) is 17.6 Å². The summed E-state index contributed by atoms with van der Waals surface area (Å²) in [4.78, 5) is 14.9. The van der Waals surface area contributed by atoms with Gasteiger partial charge in [-0.3, -0.25) is 4.79 Å². The van der Waals surface area contributed by atoms with Gasteiger partial charge in [-0.1, -0.05) is 0 Å². The Morgan fingerprint density at radius 2 is 2.05 bits per heavy atom. The van der Waals surface area contributed by atoms with Gasteiger partial charge in [-0.05, 0) is 37.6 Å². The molecule has 22 heavy (non-hydrogen) atoms. The van der Waals surface area contributed by atoms with Crippen molar-refractivity contribution in [1.29, 1.82) is 0 Å². The maximum Gasteiger partial charge on any atom is 0.223 e. The Bertz CT molecular complexity index is 616. The molecule has 1 saturated heterocycles. The molecule has 0 N–H and O–H groups in total. The molecule has 7 heteroatoms. The van der Waals surface area contributed by atoms with Crippen LogP contribution in [-0.2, 0) is 14.6 Å². The topological polar surface area (TPSA) is 54.5 Å². The zero-order valence-corrected chi connectivity index (χ0v) is 14.1. The van der Waals surface area contributed by atoms with Crippen LogP contribution in [0.5, 0.6) is 0 Å². The summed E-state index contributed by atoms with van der Waals surface area (Å²) < 4.78 is 35.9. The molecule has 1 amide bonds. The first-order valence-electron chi connectivity index (χ1n) is 7.29. The van der Waals surface area contributed by atoms with Gasteiger partial charge in [-0.2, -0.15) is 0 Å². The molecule has 1 aromatic carbocycles. The molecule has 1 aliphatic rings. The molecule has 4 nitrogen and oxygen atoms in total. The SMILES string of the molecule is CCN(C(=O)CCSc1ccc(F)cc1)C1CCS(=O)(=O)C1. The standard InChI is InChI=1S/C15H20FNO3S2/c1-2-17(13-8-10-22(19,20)11-13)15(18)7-9-21-14-5-3-12(16)4-6-14/h3-6,13H,2,7-11H2,1H3. The van der Waals surface area contributed by atoms with Gasteiger partial charge in [0.05, 0.1) is 11.5 Å². The summed E-state index contributed by atoms with van der Waals surface area (Å²) in [6, 6.07) is 5.98. The lowest BCUT2D eigenvalue weighted by molar-refractivity contribution is -0.132. The number of halogens is 1. The number of hydrogen-bond donors (Lipinski definition) is 0. The molecule has 0 aromatic heterocycles. The van der Waals surface area contributed by atoms with Crippen LogP contribution < -0.4 is 0 Å². The maximum absolute atomic E-state index is 12.8. The van der Waals surface area contributed by atoms with Crippen LogP contribution >= 0.6 is 11.8 Å². The molecule has 1 aromatic rings. The molecule has 122 valence electrons. The number of thioether (sulfide) groups is 1. The van der Waals surface area contributed by atoms with E-state index in [0.717, 1.165) is 4.90 Å². The lowest BCUT2D eigenvalue weighted by Crippen LogP contribution is -2.41. The van der Waals surface area contributed by atoms with E-state index in [-0.39, 0.29) is 29.3 Å². The van der Waals surface area contributed by atoms with Crippen LogP contribution in [0.3, 0.4) is 0 Å². The molecule has 2 rings (SSSR count). The minimum Gasteiger partial charge on any atom is -0.339 e. The zero-order valence-electron chi connectivity index (χ0n) is 12.5. The van der Waals surface area contributed by atoms with Gasteiger partial charge in [-0.25, -0.2) is 12.8 Å². The summed E-state index contributed by atoms with van der Waals surface area (Å²) in [5.41, 5.74) is 0. The number of hydrogen-bond acceptors (Lipinski definition) is 4. The molecule has 0 radical (unpaired) electrons. The highest BCUT2D eigenvalue weighted by molar-refractivity contribution is 7.99. The monoisotopic (exact) mass is 345 g/mol. The van der Waals surface area contributed by atoms with E-state index >= 15 is 0 Å². The van der Waals surface area contributed by atoms with Crippen molar-refractivity contribution in [1.82, 2.24) is 4.90 Å². The number of carbonyl (C=O) groups excluding carboxylic acids is 1. The van der Waals surface area contributed by atoms with Gasteiger partial charge in [0.2, 0.25) is 5.91 Å². The van der Waals surface area contributed by atoms with Crippen molar-refractivity contribution in [3.63, 3.8) is 0 Å². The summed E-state index contributed by atoms with van der Waals surface area (Å²) in [7, 11) is -2.99. The Hall–Kier alpha value is -1.08.